The van der Waals surface area contributed by atoms with Crippen molar-refractivity contribution in [3.05, 3.63) is 70.8 Å². The third kappa shape index (κ3) is 4.21. The minimum Gasteiger partial charge on any atom is -0.478 e. The molecule has 0 saturated carbocycles. The van der Waals surface area contributed by atoms with Crippen LogP contribution in [0.1, 0.15) is 33.2 Å². The fourth-order valence-corrected chi connectivity index (χ4v) is 3.04. The predicted molar refractivity (Wildman–Crippen MR) is 97.1 cm³/mol. The first-order valence-electron chi connectivity index (χ1n) is 8.55. The van der Waals surface area contributed by atoms with E-state index in [9.17, 15) is 9.59 Å². The van der Waals surface area contributed by atoms with E-state index in [1.807, 2.05) is 12.1 Å². The SMILES string of the molecule is CN(CC1OCCc2ccccc21)C(=O)NCc1ccc(C(=O)O)cc1. The summed E-state index contributed by atoms with van der Waals surface area (Å²) in [7, 11) is 1.74. The molecule has 2 amide bonds. The van der Waals surface area contributed by atoms with Gasteiger partial charge in [0.1, 0.15) is 6.10 Å². The Bertz CT molecular complexity index is 789. The number of ether oxygens (including phenoxy) is 1. The number of carbonyl (C=O) groups is 2. The van der Waals surface area contributed by atoms with E-state index in [-0.39, 0.29) is 17.7 Å². The lowest BCUT2D eigenvalue weighted by molar-refractivity contribution is 0.0270. The van der Waals surface area contributed by atoms with E-state index in [1.54, 1.807) is 24.1 Å². The predicted octanol–water partition coefficient (Wildman–Crippen LogP) is 2.84. The van der Waals surface area contributed by atoms with Crippen LogP contribution in [0.2, 0.25) is 0 Å². The van der Waals surface area contributed by atoms with E-state index in [1.165, 1.54) is 17.7 Å². The van der Waals surface area contributed by atoms with Crippen molar-refractivity contribution in [2.24, 2.45) is 0 Å². The molecule has 26 heavy (non-hydrogen) atoms. The molecule has 1 heterocycles. The molecule has 0 fully saturated rings. The molecule has 6 heteroatoms. The topological polar surface area (TPSA) is 78.9 Å². The van der Waals surface area contributed by atoms with Crippen LogP contribution >= 0.6 is 0 Å². The van der Waals surface area contributed by atoms with Crippen LogP contribution in [0, 0.1) is 0 Å². The van der Waals surface area contributed by atoms with Crippen LogP contribution < -0.4 is 5.32 Å². The van der Waals surface area contributed by atoms with Gasteiger partial charge in [-0.15, -0.1) is 0 Å². The van der Waals surface area contributed by atoms with E-state index in [0.717, 1.165) is 17.5 Å². The van der Waals surface area contributed by atoms with Crippen molar-refractivity contribution in [3.63, 3.8) is 0 Å². The Labute approximate surface area is 152 Å². The number of hydrogen-bond acceptors (Lipinski definition) is 3. The average Bonchev–Trinajstić information content (AvgIpc) is 2.66. The van der Waals surface area contributed by atoms with Crippen LogP contribution in [0.25, 0.3) is 0 Å². The summed E-state index contributed by atoms with van der Waals surface area (Å²) in [5.74, 6) is -0.965. The molecule has 1 atom stereocenters. The number of hydrogen-bond donors (Lipinski definition) is 2. The second-order valence-electron chi connectivity index (χ2n) is 6.35. The number of carboxylic acid groups (broad SMARTS) is 1. The maximum absolute atomic E-state index is 12.3. The summed E-state index contributed by atoms with van der Waals surface area (Å²) in [5.41, 5.74) is 3.49. The molecule has 2 N–H and O–H groups in total. The molecular weight excluding hydrogens is 332 g/mol. The fourth-order valence-electron chi connectivity index (χ4n) is 3.04. The zero-order valence-electron chi connectivity index (χ0n) is 14.6. The summed E-state index contributed by atoms with van der Waals surface area (Å²) in [4.78, 5) is 24.8. The highest BCUT2D eigenvalue weighted by Gasteiger charge is 2.23. The molecule has 1 aliphatic rings. The van der Waals surface area contributed by atoms with Crippen molar-refractivity contribution >= 4 is 12.0 Å². The van der Waals surface area contributed by atoms with Crippen LogP contribution in [0.15, 0.2) is 48.5 Å². The summed E-state index contributed by atoms with van der Waals surface area (Å²) in [6.07, 6.45) is 0.778. The fraction of sp³-hybridized carbons (Fsp3) is 0.300. The Balaban J connectivity index is 1.54. The molecule has 3 rings (SSSR count). The van der Waals surface area contributed by atoms with Crippen LogP contribution in [-0.4, -0.2) is 42.2 Å². The lowest BCUT2D eigenvalue weighted by atomic mass is 9.97. The number of benzene rings is 2. The van der Waals surface area contributed by atoms with Gasteiger partial charge in [0.05, 0.1) is 18.7 Å². The lowest BCUT2D eigenvalue weighted by Gasteiger charge is -2.29. The molecule has 136 valence electrons. The number of fused-ring (bicyclic) bond motifs is 1. The van der Waals surface area contributed by atoms with Gasteiger partial charge in [0.2, 0.25) is 0 Å². The lowest BCUT2D eigenvalue weighted by Crippen LogP contribution is -2.40. The molecule has 0 bridgehead atoms. The van der Waals surface area contributed by atoms with Crippen LogP contribution in [0.5, 0.6) is 0 Å². The van der Waals surface area contributed by atoms with Crippen LogP contribution in [-0.2, 0) is 17.7 Å². The van der Waals surface area contributed by atoms with Gasteiger partial charge in [-0.05, 0) is 35.2 Å². The number of urea groups is 1. The Hall–Kier alpha value is -2.86. The summed E-state index contributed by atoms with van der Waals surface area (Å²) in [6.45, 7) is 1.47. The van der Waals surface area contributed by atoms with Gasteiger partial charge in [0.15, 0.2) is 0 Å². The standard InChI is InChI=1S/C20H22N2O4/c1-22(13-18-17-5-3-2-4-15(17)10-11-26-18)20(25)21-12-14-6-8-16(9-7-14)19(23)24/h2-9,18H,10-13H2,1H3,(H,21,25)(H,23,24). The average molecular weight is 354 g/mol. The molecular formula is C20H22N2O4. The highest BCUT2D eigenvalue weighted by molar-refractivity contribution is 5.87. The summed E-state index contributed by atoms with van der Waals surface area (Å²) in [6, 6.07) is 14.4. The van der Waals surface area contributed by atoms with Gasteiger partial charge < -0.3 is 20.1 Å². The molecule has 2 aromatic carbocycles. The molecule has 0 spiro atoms. The number of aromatic carboxylic acids is 1. The number of carbonyl (C=O) groups excluding carboxylic acids is 1. The smallest absolute Gasteiger partial charge is 0.335 e. The maximum atomic E-state index is 12.3. The van der Waals surface area contributed by atoms with E-state index >= 15 is 0 Å². The summed E-state index contributed by atoms with van der Waals surface area (Å²) < 4.78 is 5.85. The number of amides is 2. The number of carboxylic acids is 1. The van der Waals surface area contributed by atoms with Gasteiger partial charge in [-0.3, -0.25) is 0 Å². The highest BCUT2D eigenvalue weighted by atomic mass is 16.5. The Morgan fingerprint density at radius 3 is 2.65 bits per heavy atom. The molecule has 0 aromatic heterocycles. The van der Waals surface area contributed by atoms with Gasteiger partial charge in [0, 0.05) is 13.6 Å². The number of rotatable bonds is 5. The Morgan fingerprint density at radius 1 is 1.19 bits per heavy atom. The van der Waals surface area contributed by atoms with Crippen molar-refractivity contribution in [1.82, 2.24) is 10.2 Å². The third-order valence-electron chi connectivity index (χ3n) is 4.52. The van der Waals surface area contributed by atoms with E-state index in [0.29, 0.717) is 19.7 Å². The molecule has 1 unspecified atom stereocenters. The van der Waals surface area contributed by atoms with Gasteiger partial charge in [-0.2, -0.15) is 0 Å². The summed E-state index contributed by atoms with van der Waals surface area (Å²) in [5, 5.41) is 11.7. The number of likely N-dealkylation sites (N-methyl/N-ethyl adjacent to an activating group) is 1. The van der Waals surface area contributed by atoms with E-state index in [4.69, 9.17) is 9.84 Å². The normalized spacial score (nSPS) is 15.8. The van der Waals surface area contributed by atoms with Crippen molar-refractivity contribution in [2.75, 3.05) is 20.2 Å². The van der Waals surface area contributed by atoms with Gasteiger partial charge in [0.25, 0.3) is 0 Å². The number of nitrogens with one attached hydrogen (secondary N) is 1. The second-order valence-corrected chi connectivity index (χ2v) is 6.35. The van der Waals surface area contributed by atoms with E-state index in [2.05, 4.69) is 17.4 Å². The van der Waals surface area contributed by atoms with Gasteiger partial charge >= 0.3 is 12.0 Å². The van der Waals surface area contributed by atoms with Crippen LogP contribution in [0.4, 0.5) is 4.79 Å². The third-order valence-corrected chi connectivity index (χ3v) is 4.52. The first kappa shape index (κ1) is 17.9. The van der Waals surface area contributed by atoms with Crippen LogP contribution in [0.3, 0.4) is 0 Å². The zero-order chi connectivity index (χ0) is 18.5. The first-order valence-corrected chi connectivity index (χ1v) is 8.55. The number of nitrogens with zero attached hydrogens (tertiary/aromatic N) is 1. The van der Waals surface area contributed by atoms with Gasteiger partial charge in [-0.1, -0.05) is 36.4 Å². The Kier molecular flexibility index (Phi) is 5.53. The largest absolute Gasteiger partial charge is 0.478 e. The molecule has 6 nitrogen and oxygen atoms in total. The minimum absolute atomic E-state index is 0.120. The molecule has 0 radical (unpaired) electrons. The maximum Gasteiger partial charge on any atom is 0.335 e. The monoisotopic (exact) mass is 354 g/mol. The Morgan fingerprint density at radius 2 is 1.92 bits per heavy atom. The molecule has 2 aromatic rings. The second kappa shape index (κ2) is 8.01. The van der Waals surface area contributed by atoms with Crippen molar-refractivity contribution in [3.8, 4) is 0 Å². The molecule has 0 saturated heterocycles. The molecule has 0 aliphatic carbocycles. The van der Waals surface area contributed by atoms with Crippen molar-refractivity contribution in [1.29, 1.82) is 0 Å². The zero-order valence-corrected chi connectivity index (χ0v) is 14.6. The van der Waals surface area contributed by atoms with Gasteiger partial charge in [-0.25, -0.2) is 9.59 Å². The highest BCUT2D eigenvalue weighted by Crippen LogP contribution is 2.27. The van der Waals surface area contributed by atoms with E-state index < -0.39 is 5.97 Å². The summed E-state index contributed by atoms with van der Waals surface area (Å²) >= 11 is 0. The quantitative estimate of drug-likeness (QED) is 0.865. The minimum atomic E-state index is -0.965. The molecule has 1 aliphatic heterocycles. The van der Waals surface area contributed by atoms with Crippen molar-refractivity contribution < 1.29 is 19.4 Å². The van der Waals surface area contributed by atoms with Crippen molar-refractivity contribution in [2.45, 2.75) is 19.1 Å². The first-order chi connectivity index (χ1) is 12.5.